The van der Waals surface area contributed by atoms with Crippen molar-refractivity contribution in [1.29, 1.82) is 0 Å². The molecule has 2 aromatic rings. The molecule has 0 aliphatic heterocycles. The van der Waals surface area contributed by atoms with Crippen molar-refractivity contribution in [3.8, 4) is 0 Å². The minimum Gasteiger partial charge on any atom is -0.298 e. The van der Waals surface area contributed by atoms with E-state index < -0.39 is 6.09 Å². The standard InChI is InChI=1S/C15H11ClN2O3/c16-12-6-8-13(9-7-12)18-15(20)21-17-10-14(19)11-4-2-1-3-5-11/h1-10H,(H,18,20)/b17-10-. The van der Waals surface area contributed by atoms with Gasteiger partial charge in [0.2, 0.25) is 5.78 Å². The zero-order valence-electron chi connectivity index (χ0n) is 10.8. The second kappa shape index (κ2) is 7.21. The van der Waals surface area contributed by atoms with Crippen molar-refractivity contribution >= 4 is 35.4 Å². The van der Waals surface area contributed by atoms with Crippen molar-refractivity contribution in [1.82, 2.24) is 0 Å². The highest BCUT2D eigenvalue weighted by atomic mass is 35.5. The molecule has 2 rings (SSSR count). The highest BCUT2D eigenvalue weighted by Crippen LogP contribution is 2.13. The number of carbonyl (C=O) groups is 2. The summed E-state index contributed by atoms with van der Waals surface area (Å²) in [6, 6.07) is 15.0. The van der Waals surface area contributed by atoms with E-state index in [9.17, 15) is 9.59 Å². The number of benzene rings is 2. The van der Waals surface area contributed by atoms with Crippen LogP contribution in [0.15, 0.2) is 59.8 Å². The van der Waals surface area contributed by atoms with Gasteiger partial charge >= 0.3 is 6.09 Å². The lowest BCUT2D eigenvalue weighted by Crippen LogP contribution is -2.11. The van der Waals surface area contributed by atoms with Crippen LogP contribution in [0.3, 0.4) is 0 Å². The lowest BCUT2D eigenvalue weighted by Gasteiger charge is -2.02. The van der Waals surface area contributed by atoms with Gasteiger partial charge in [-0.15, -0.1) is 0 Å². The molecule has 0 aromatic heterocycles. The summed E-state index contributed by atoms with van der Waals surface area (Å²) in [7, 11) is 0. The monoisotopic (exact) mass is 302 g/mol. The van der Waals surface area contributed by atoms with Crippen LogP contribution in [0.1, 0.15) is 10.4 Å². The van der Waals surface area contributed by atoms with E-state index in [1.807, 2.05) is 0 Å². The number of ketones is 1. The summed E-state index contributed by atoms with van der Waals surface area (Å²) in [5.74, 6) is -0.352. The topological polar surface area (TPSA) is 67.8 Å². The molecule has 1 amide bonds. The summed E-state index contributed by atoms with van der Waals surface area (Å²) in [6.07, 6.45) is 0.144. The zero-order chi connectivity index (χ0) is 15.1. The van der Waals surface area contributed by atoms with Crippen molar-refractivity contribution in [3.63, 3.8) is 0 Å². The van der Waals surface area contributed by atoms with Crippen LogP contribution >= 0.6 is 11.6 Å². The average Bonchev–Trinajstić information content (AvgIpc) is 2.50. The average molecular weight is 303 g/mol. The van der Waals surface area contributed by atoms with Gasteiger partial charge in [-0.1, -0.05) is 47.1 Å². The molecule has 21 heavy (non-hydrogen) atoms. The molecule has 106 valence electrons. The molecule has 0 aliphatic carbocycles. The number of amides is 1. The minimum atomic E-state index is -0.797. The lowest BCUT2D eigenvalue weighted by molar-refractivity contribution is 0.106. The molecule has 5 nitrogen and oxygen atoms in total. The molecule has 0 spiro atoms. The molecule has 0 aliphatic rings. The van der Waals surface area contributed by atoms with Crippen LogP contribution in [0, 0.1) is 0 Å². The second-order valence-corrected chi connectivity index (χ2v) is 4.41. The summed E-state index contributed by atoms with van der Waals surface area (Å²) >= 11 is 5.72. The molecule has 0 heterocycles. The van der Waals surface area contributed by atoms with Crippen molar-refractivity contribution < 1.29 is 14.4 Å². The molecule has 1 N–H and O–H groups in total. The first-order valence-corrected chi connectivity index (χ1v) is 6.39. The molecule has 2 aromatic carbocycles. The van der Waals surface area contributed by atoms with Crippen molar-refractivity contribution in [2.45, 2.75) is 0 Å². The lowest BCUT2D eigenvalue weighted by atomic mass is 10.1. The van der Waals surface area contributed by atoms with E-state index in [0.717, 1.165) is 6.21 Å². The predicted octanol–water partition coefficient (Wildman–Crippen LogP) is 3.76. The van der Waals surface area contributed by atoms with Gasteiger partial charge in [0.25, 0.3) is 0 Å². The van der Waals surface area contributed by atoms with Gasteiger partial charge in [0, 0.05) is 16.3 Å². The highest BCUT2D eigenvalue weighted by molar-refractivity contribution is 6.35. The molecule has 0 fully saturated rings. The first-order chi connectivity index (χ1) is 10.1. The third kappa shape index (κ3) is 4.74. The fourth-order valence-corrected chi connectivity index (χ4v) is 1.60. The number of hydrogen-bond donors (Lipinski definition) is 1. The molecule has 0 saturated heterocycles. The summed E-state index contributed by atoms with van der Waals surface area (Å²) in [4.78, 5) is 27.6. The van der Waals surface area contributed by atoms with E-state index in [1.54, 1.807) is 54.6 Å². The van der Waals surface area contributed by atoms with Gasteiger partial charge in [0.15, 0.2) is 0 Å². The summed E-state index contributed by atoms with van der Waals surface area (Å²) in [6.45, 7) is 0. The third-order valence-electron chi connectivity index (χ3n) is 2.45. The smallest absolute Gasteiger partial charge is 0.298 e. The van der Waals surface area contributed by atoms with Gasteiger partial charge in [-0.25, -0.2) is 4.79 Å². The van der Waals surface area contributed by atoms with Gasteiger partial charge in [-0.05, 0) is 24.3 Å². The van der Waals surface area contributed by atoms with Crippen LogP contribution < -0.4 is 5.32 Å². The van der Waals surface area contributed by atoms with Gasteiger partial charge in [0.1, 0.15) is 6.21 Å². The quantitative estimate of drug-likeness (QED) is 0.405. The fourth-order valence-electron chi connectivity index (χ4n) is 1.47. The van der Waals surface area contributed by atoms with Crippen molar-refractivity contribution in [3.05, 3.63) is 65.2 Å². The molecular formula is C15H11ClN2O3. The molecule has 0 unspecified atom stereocenters. The Morgan fingerprint density at radius 3 is 2.38 bits per heavy atom. The molecular weight excluding hydrogens is 292 g/mol. The van der Waals surface area contributed by atoms with Crippen LogP contribution in [0.5, 0.6) is 0 Å². The molecule has 6 heteroatoms. The Kier molecular flexibility index (Phi) is 5.06. The first-order valence-electron chi connectivity index (χ1n) is 6.01. The largest absolute Gasteiger partial charge is 0.437 e. The first kappa shape index (κ1) is 14.7. The number of oxime groups is 1. The van der Waals surface area contributed by atoms with Gasteiger partial charge in [0.05, 0.1) is 0 Å². The summed E-state index contributed by atoms with van der Waals surface area (Å²) < 4.78 is 0. The van der Waals surface area contributed by atoms with E-state index in [2.05, 4.69) is 15.3 Å². The minimum absolute atomic E-state index is 0.352. The molecule has 0 radical (unpaired) electrons. The molecule has 0 atom stereocenters. The van der Waals surface area contributed by atoms with Gasteiger partial charge in [-0.2, -0.15) is 0 Å². The van der Waals surface area contributed by atoms with Crippen LogP contribution in [-0.2, 0) is 4.84 Å². The summed E-state index contributed by atoms with van der Waals surface area (Å²) in [5, 5.41) is 6.34. The normalized spacial score (nSPS) is 10.3. The van der Waals surface area contributed by atoms with E-state index in [1.165, 1.54) is 0 Å². The Labute approximate surface area is 126 Å². The third-order valence-corrected chi connectivity index (χ3v) is 2.71. The van der Waals surface area contributed by atoms with E-state index in [0.29, 0.717) is 16.3 Å². The number of rotatable bonds is 4. The van der Waals surface area contributed by atoms with Gasteiger partial charge in [-0.3, -0.25) is 14.9 Å². The maximum atomic E-state index is 11.6. The van der Waals surface area contributed by atoms with Crippen LogP contribution in [0.2, 0.25) is 5.02 Å². The SMILES string of the molecule is O=C(Nc1ccc(Cl)cc1)O/N=C\C(=O)c1ccccc1. The van der Waals surface area contributed by atoms with Crippen molar-refractivity contribution in [2.24, 2.45) is 5.16 Å². The van der Waals surface area contributed by atoms with Crippen LogP contribution in [0.4, 0.5) is 10.5 Å². The fraction of sp³-hybridized carbons (Fsp3) is 0. The molecule has 0 bridgehead atoms. The van der Waals surface area contributed by atoms with Crippen molar-refractivity contribution in [2.75, 3.05) is 5.32 Å². The Bertz CT molecular complexity index is 654. The Balaban J connectivity index is 1.85. The number of Topliss-reactive ketones (excluding diaryl/α,β-unsaturated/α-hetero) is 1. The summed E-state index contributed by atoms with van der Waals surface area (Å²) in [5.41, 5.74) is 0.969. The number of nitrogens with zero attached hydrogens (tertiary/aromatic N) is 1. The maximum absolute atomic E-state index is 11.6. The Morgan fingerprint density at radius 1 is 1.05 bits per heavy atom. The predicted molar refractivity (Wildman–Crippen MR) is 80.8 cm³/mol. The number of anilines is 1. The van der Waals surface area contributed by atoms with Gasteiger partial charge < -0.3 is 0 Å². The van der Waals surface area contributed by atoms with E-state index >= 15 is 0 Å². The van der Waals surface area contributed by atoms with Crippen LogP contribution in [0.25, 0.3) is 0 Å². The van der Waals surface area contributed by atoms with E-state index in [-0.39, 0.29) is 5.78 Å². The maximum Gasteiger partial charge on any atom is 0.437 e. The van der Waals surface area contributed by atoms with E-state index in [4.69, 9.17) is 11.6 Å². The highest BCUT2D eigenvalue weighted by Gasteiger charge is 2.04. The number of nitrogens with one attached hydrogen (secondary N) is 1. The molecule has 0 saturated carbocycles. The Hall–Kier alpha value is -2.66. The number of halogens is 1. The zero-order valence-corrected chi connectivity index (χ0v) is 11.6. The van der Waals surface area contributed by atoms with Crippen LogP contribution in [-0.4, -0.2) is 18.1 Å². The number of carbonyl (C=O) groups excluding carboxylic acids is 2. The number of hydrogen-bond acceptors (Lipinski definition) is 4. The second-order valence-electron chi connectivity index (χ2n) is 3.98. The Morgan fingerprint density at radius 2 is 1.71 bits per heavy atom.